The normalized spacial score (nSPS) is 20.4. The standard InChI is InChI=1S/C15H22N2O4S/c1-15(2,3)14-16-10(8-22-14)12(18)17-11(13(19)20)9-5-4-6-21-7-9/h8-9,11H,4-7H2,1-3H3,(H,17,18)(H,19,20). The van der Waals surface area contributed by atoms with Gasteiger partial charge in [0.25, 0.3) is 5.91 Å². The fraction of sp³-hybridized carbons (Fsp3) is 0.667. The van der Waals surface area contributed by atoms with Gasteiger partial charge in [0.05, 0.1) is 11.6 Å². The lowest BCUT2D eigenvalue weighted by Crippen LogP contribution is -2.48. The van der Waals surface area contributed by atoms with E-state index in [1.54, 1.807) is 5.38 Å². The number of carboxylic acids is 1. The number of ether oxygens (including phenoxy) is 1. The van der Waals surface area contributed by atoms with Gasteiger partial charge in [-0.3, -0.25) is 4.79 Å². The summed E-state index contributed by atoms with van der Waals surface area (Å²) in [4.78, 5) is 28.0. The van der Waals surface area contributed by atoms with E-state index in [-0.39, 0.29) is 17.0 Å². The van der Waals surface area contributed by atoms with Crippen molar-refractivity contribution in [3.8, 4) is 0 Å². The van der Waals surface area contributed by atoms with Crippen molar-refractivity contribution in [3.05, 3.63) is 16.1 Å². The molecule has 22 heavy (non-hydrogen) atoms. The molecule has 0 bridgehead atoms. The number of carbonyl (C=O) groups excluding carboxylic acids is 1. The van der Waals surface area contributed by atoms with Gasteiger partial charge in [0.2, 0.25) is 0 Å². The largest absolute Gasteiger partial charge is 0.480 e. The number of nitrogens with zero attached hydrogens (tertiary/aromatic N) is 1. The summed E-state index contributed by atoms with van der Waals surface area (Å²) in [7, 11) is 0. The molecule has 1 amide bonds. The monoisotopic (exact) mass is 326 g/mol. The molecular formula is C15H22N2O4S. The van der Waals surface area contributed by atoms with Gasteiger partial charge in [-0.1, -0.05) is 20.8 Å². The van der Waals surface area contributed by atoms with Crippen molar-refractivity contribution in [1.82, 2.24) is 10.3 Å². The minimum Gasteiger partial charge on any atom is -0.480 e. The van der Waals surface area contributed by atoms with Gasteiger partial charge in [0.1, 0.15) is 11.7 Å². The van der Waals surface area contributed by atoms with Gasteiger partial charge < -0.3 is 15.2 Å². The third-order valence-electron chi connectivity index (χ3n) is 3.60. The Morgan fingerprint density at radius 1 is 1.50 bits per heavy atom. The first-order chi connectivity index (χ1) is 10.3. The first-order valence-corrected chi connectivity index (χ1v) is 8.24. The van der Waals surface area contributed by atoms with Gasteiger partial charge in [-0.25, -0.2) is 9.78 Å². The third kappa shape index (κ3) is 4.04. The predicted octanol–water partition coefficient (Wildman–Crippen LogP) is 2.05. The number of thiazole rings is 1. The number of carbonyl (C=O) groups is 2. The summed E-state index contributed by atoms with van der Waals surface area (Å²) < 4.78 is 5.32. The Hall–Kier alpha value is -1.47. The molecule has 1 aromatic heterocycles. The predicted molar refractivity (Wildman–Crippen MR) is 83.2 cm³/mol. The maximum Gasteiger partial charge on any atom is 0.326 e. The first kappa shape index (κ1) is 16.9. The molecule has 2 atom stereocenters. The van der Waals surface area contributed by atoms with Gasteiger partial charge in [0.15, 0.2) is 0 Å². The molecule has 2 heterocycles. The van der Waals surface area contributed by atoms with Crippen molar-refractivity contribution in [3.63, 3.8) is 0 Å². The maximum atomic E-state index is 12.3. The summed E-state index contributed by atoms with van der Waals surface area (Å²) in [6, 6.07) is -0.937. The number of rotatable bonds is 4. The summed E-state index contributed by atoms with van der Waals surface area (Å²) in [5, 5.41) is 14.5. The number of amides is 1. The Morgan fingerprint density at radius 2 is 2.23 bits per heavy atom. The molecule has 2 N–H and O–H groups in total. The molecule has 2 unspecified atom stereocenters. The van der Waals surface area contributed by atoms with E-state index in [2.05, 4.69) is 10.3 Å². The lowest BCUT2D eigenvalue weighted by Gasteiger charge is -2.27. The van der Waals surface area contributed by atoms with Crippen molar-refractivity contribution in [2.24, 2.45) is 5.92 Å². The minimum absolute atomic E-state index is 0.132. The molecule has 122 valence electrons. The van der Waals surface area contributed by atoms with E-state index in [0.717, 1.165) is 17.8 Å². The molecule has 6 nitrogen and oxygen atoms in total. The summed E-state index contributed by atoms with van der Waals surface area (Å²) in [6.45, 7) is 7.08. The van der Waals surface area contributed by atoms with E-state index in [9.17, 15) is 14.7 Å². The van der Waals surface area contributed by atoms with Crippen LogP contribution in [-0.4, -0.2) is 41.2 Å². The molecule has 1 aliphatic rings. The maximum absolute atomic E-state index is 12.3. The van der Waals surface area contributed by atoms with Crippen LogP contribution in [0.25, 0.3) is 0 Å². The van der Waals surface area contributed by atoms with Crippen LogP contribution in [0.3, 0.4) is 0 Å². The molecule has 0 aliphatic carbocycles. The lowest BCUT2D eigenvalue weighted by molar-refractivity contribution is -0.142. The van der Waals surface area contributed by atoms with Gasteiger partial charge >= 0.3 is 5.97 Å². The average Bonchev–Trinajstić information content (AvgIpc) is 2.95. The highest BCUT2D eigenvalue weighted by atomic mass is 32.1. The van der Waals surface area contributed by atoms with Gasteiger partial charge in [0, 0.05) is 23.3 Å². The molecule has 1 aliphatic heterocycles. The van der Waals surface area contributed by atoms with Crippen molar-refractivity contribution >= 4 is 23.2 Å². The Kier molecular flexibility index (Phi) is 5.18. The second-order valence-electron chi connectivity index (χ2n) is 6.55. The molecule has 7 heteroatoms. The molecule has 0 spiro atoms. The second-order valence-corrected chi connectivity index (χ2v) is 7.41. The zero-order chi connectivity index (χ0) is 16.3. The van der Waals surface area contributed by atoms with Crippen molar-refractivity contribution in [2.75, 3.05) is 13.2 Å². The molecular weight excluding hydrogens is 304 g/mol. The summed E-state index contributed by atoms with van der Waals surface area (Å²) >= 11 is 1.41. The highest BCUT2D eigenvalue weighted by Crippen LogP contribution is 2.25. The number of aliphatic carboxylic acids is 1. The van der Waals surface area contributed by atoms with Crippen LogP contribution in [0.2, 0.25) is 0 Å². The van der Waals surface area contributed by atoms with E-state index in [0.29, 0.717) is 13.2 Å². The summed E-state index contributed by atoms with van der Waals surface area (Å²) in [5.41, 5.74) is 0.144. The van der Waals surface area contributed by atoms with E-state index >= 15 is 0 Å². The van der Waals surface area contributed by atoms with Crippen LogP contribution in [-0.2, 0) is 14.9 Å². The molecule has 1 fully saturated rings. The Labute approximate surface area is 133 Å². The minimum atomic E-state index is -1.03. The van der Waals surface area contributed by atoms with Crippen molar-refractivity contribution in [1.29, 1.82) is 0 Å². The van der Waals surface area contributed by atoms with E-state index in [1.165, 1.54) is 11.3 Å². The molecule has 1 saturated heterocycles. The fourth-order valence-electron chi connectivity index (χ4n) is 2.35. The van der Waals surface area contributed by atoms with Crippen molar-refractivity contribution in [2.45, 2.75) is 45.1 Å². The van der Waals surface area contributed by atoms with Crippen LogP contribution in [0, 0.1) is 5.92 Å². The molecule has 1 aromatic rings. The number of hydrogen-bond donors (Lipinski definition) is 2. The number of aromatic nitrogens is 1. The Morgan fingerprint density at radius 3 is 2.73 bits per heavy atom. The Balaban J connectivity index is 2.07. The van der Waals surface area contributed by atoms with Gasteiger partial charge in [-0.15, -0.1) is 11.3 Å². The van der Waals surface area contributed by atoms with E-state index in [1.807, 2.05) is 20.8 Å². The molecule has 0 saturated carbocycles. The SMILES string of the molecule is CC(C)(C)c1nc(C(=O)NC(C(=O)O)C2CCCOC2)cs1. The molecule has 0 radical (unpaired) electrons. The smallest absolute Gasteiger partial charge is 0.326 e. The summed E-state index contributed by atoms with van der Waals surface area (Å²) in [6.07, 6.45) is 1.55. The highest BCUT2D eigenvalue weighted by molar-refractivity contribution is 7.10. The van der Waals surface area contributed by atoms with Crippen LogP contribution < -0.4 is 5.32 Å². The quantitative estimate of drug-likeness (QED) is 0.884. The zero-order valence-electron chi connectivity index (χ0n) is 13.1. The molecule has 0 aromatic carbocycles. The molecule has 2 rings (SSSR count). The second kappa shape index (κ2) is 6.75. The van der Waals surface area contributed by atoms with Crippen LogP contribution in [0.15, 0.2) is 5.38 Å². The van der Waals surface area contributed by atoms with Gasteiger partial charge in [-0.2, -0.15) is 0 Å². The van der Waals surface area contributed by atoms with Crippen LogP contribution in [0.4, 0.5) is 0 Å². The number of hydrogen-bond acceptors (Lipinski definition) is 5. The average molecular weight is 326 g/mol. The summed E-state index contributed by atoms with van der Waals surface area (Å²) in [5.74, 6) is -1.67. The highest BCUT2D eigenvalue weighted by Gasteiger charge is 2.32. The van der Waals surface area contributed by atoms with Crippen molar-refractivity contribution < 1.29 is 19.4 Å². The topological polar surface area (TPSA) is 88.5 Å². The number of nitrogens with one attached hydrogen (secondary N) is 1. The van der Waals surface area contributed by atoms with Crippen LogP contribution in [0.5, 0.6) is 0 Å². The van der Waals surface area contributed by atoms with E-state index < -0.39 is 17.9 Å². The first-order valence-electron chi connectivity index (χ1n) is 7.36. The number of carboxylic acid groups (broad SMARTS) is 1. The van der Waals surface area contributed by atoms with Gasteiger partial charge in [-0.05, 0) is 12.8 Å². The van der Waals surface area contributed by atoms with Crippen LogP contribution in [0.1, 0.15) is 49.1 Å². The van der Waals surface area contributed by atoms with E-state index in [4.69, 9.17) is 4.74 Å². The Bertz CT molecular complexity index is 544. The lowest BCUT2D eigenvalue weighted by atomic mass is 9.93. The zero-order valence-corrected chi connectivity index (χ0v) is 13.9. The fourth-order valence-corrected chi connectivity index (χ4v) is 3.24. The third-order valence-corrected chi connectivity index (χ3v) is 4.87. The van der Waals surface area contributed by atoms with Crippen LogP contribution >= 0.6 is 11.3 Å².